The van der Waals surface area contributed by atoms with Crippen LogP contribution in [0.5, 0.6) is 0 Å². The Morgan fingerprint density at radius 2 is 1.28 bits per heavy atom. The molecular formula is C20H15N3O2. The van der Waals surface area contributed by atoms with Crippen molar-refractivity contribution in [1.29, 1.82) is 0 Å². The minimum atomic E-state index is -0.202. The highest BCUT2D eigenvalue weighted by molar-refractivity contribution is 6.30. The van der Waals surface area contributed by atoms with E-state index in [0.29, 0.717) is 39.3 Å². The third-order valence-electron chi connectivity index (χ3n) is 4.36. The van der Waals surface area contributed by atoms with Crippen LogP contribution in [0.4, 0.5) is 17.1 Å². The van der Waals surface area contributed by atoms with Gasteiger partial charge in [-0.25, -0.2) is 5.84 Å². The third kappa shape index (κ3) is 2.29. The number of ketones is 2. The lowest BCUT2D eigenvalue weighted by atomic mass is 9.83. The third-order valence-corrected chi connectivity index (χ3v) is 4.36. The number of anilines is 3. The summed E-state index contributed by atoms with van der Waals surface area (Å²) in [6, 6.07) is 18.9. The fourth-order valence-corrected chi connectivity index (χ4v) is 3.10. The van der Waals surface area contributed by atoms with E-state index in [2.05, 4.69) is 0 Å². The molecule has 4 rings (SSSR count). The summed E-state index contributed by atoms with van der Waals surface area (Å²) in [4.78, 5) is 25.8. The van der Waals surface area contributed by atoms with Crippen LogP contribution in [0, 0.1) is 0 Å². The van der Waals surface area contributed by atoms with Crippen molar-refractivity contribution in [3.63, 3.8) is 0 Å². The van der Waals surface area contributed by atoms with Crippen LogP contribution in [0.2, 0.25) is 0 Å². The molecule has 5 heteroatoms. The first-order valence-corrected chi connectivity index (χ1v) is 7.80. The zero-order chi connectivity index (χ0) is 17.6. The highest BCUT2D eigenvalue weighted by atomic mass is 16.1. The van der Waals surface area contributed by atoms with Crippen LogP contribution in [0.25, 0.3) is 0 Å². The van der Waals surface area contributed by atoms with E-state index < -0.39 is 0 Å². The fourth-order valence-electron chi connectivity index (χ4n) is 3.10. The monoisotopic (exact) mass is 329 g/mol. The molecule has 0 saturated heterocycles. The Bertz CT molecular complexity index is 1010. The molecule has 4 N–H and O–H groups in total. The van der Waals surface area contributed by atoms with Crippen molar-refractivity contribution < 1.29 is 9.59 Å². The first-order valence-electron chi connectivity index (χ1n) is 7.80. The number of nitrogens with two attached hydrogens (primary N) is 2. The van der Waals surface area contributed by atoms with Crippen molar-refractivity contribution in [2.45, 2.75) is 0 Å². The summed E-state index contributed by atoms with van der Waals surface area (Å²) in [6.07, 6.45) is 0. The molecule has 0 fully saturated rings. The summed E-state index contributed by atoms with van der Waals surface area (Å²) in [5.41, 5.74) is 9.00. The lowest BCUT2D eigenvalue weighted by Crippen LogP contribution is -2.30. The highest BCUT2D eigenvalue weighted by Gasteiger charge is 2.32. The van der Waals surface area contributed by atoms with Crippen molar-refractivity contribution in [3.05, 3.63) is 89.0 Å². The Kier molecular flexibility index (Phi) is 3.37. The molecule has 0 aliphatic heterocycles. The van der Waals surface area contributed by atoms with Crippen LogP contribution in [0.15, 0.2) is 66.7 Å². The highest BCUT2D eigenvalue weighted by Crippen LogP contribution is 2.35. The van der Waals surface area contributed by atoms with Gasteiger partial charge in [0.25, 0.3) is 0 Å². The smallest absolute Gasteiger partial charge is 0.196 e. The first-order chi connectivity index (χ1) is 12.1. The lowest BCUT2D eigenvalue weighted by Gasteiger charge is -2.25. The Hall–Kier alpha value is -3.44. The summed E-state index contributed by atoms with van der Waals surface area (Å²) in [5, 5.41) is 1.40. The number of carbonyl (C=O) groups excluding carboxylic acids is 2. The van der Waals surface area contributed by atoms with Crippen LogP contribution in [0.3, 0.4) is 0 Å². The van der Waals surface area contributed by atoms with Crippen molar-refractivity contribution in [3.8, 4) is 0 Å². The van der Waals surface area contributed by atoms with Gasteiger partial charge in [-0.2, -0.15) is 0 Å². The Labute approximate surface area is 144 Å². The lowest BCUT2D eigenvalue weighted by molar-refractivity contribution is 0.0979. The van der Waals surface area contributed by atoms with Crippen molar-refractivity contribution in [2.24, 2.45) is 5.84 Å². The standard InChI is InChI=1S/C20H15N3O2/c21-12-8-10-13(11-9-12)23(22)17-7-3-6-16-18(17)20(25)15-5-2-1-4-14(15)19(16)24/h1-11H,21-22H2. The Balaban J connectivity index is 1.89. The van der Waals surface area contributed by atoms with Gasteiger partial charge in [0.2, 0.25) is 0 Å². The van der Waals surface area contributed by atoms with Crippen LogP contribution in [0.1, 0.15) is 31.8 Å². The van der Waals surface area contributed by atoms with E-state index in [4.69, 9.17) is 11.6 Å². The van der Waals surface area contributed by atoms with Gasteiger partial charge in [0.1, 0.15) is 0 Å². The summed E-state index contributed by atoms with van der Waals surface area (Å²) >= 11 is 0. The molecule has 0 bridgehead atoms. The van der Waals surface area contributed by atoms with E-state index in [1.54, 1.807) is 66.7 Å². The number of carbonyl (C=O) groups is 2. The molecule has 122 valence electrons. The normalized spacial score (nSPS) is 12.5. The topological polar surface area (TPSA) is 89.4 Å². The van der Waals surface area contributed by atoms with Gasteiger partial charge in [0, 0.05) is 22.4 Å². The maximum Gasteiger partial charge on any atom is 0.196 e. The molecule has 1 aliphatic rings. The van der Waals surface area contributed by atoms with Crippen LogP contribution >= 0.6 is 0 Å². The zero-order valence-corrected chi connectivity index (χ0v) is 13.3. The minimum Gasteiger partial charge on any atom is -0.399 e. The molecular weight excluding hydrogens is 314 g/mol. The van der Waals surface area contributed by atoms with E-state index in [-0.39, 0.29) is 11.6 Å². The van der Waals surface area contributed by atoms with Crippen molar-refractivity contribution >= 4 is 28.6 Å². The van der Waals surface area contributed by atoms with Crippen LogP contribution < -0.4 is 16.6 Å². The average Bonchev–Trinajstić information content (AvgIpc) is 2.65. The van der Waals surface area contributed by atoms with Gasteiger partial charge in [-0.05, 0) is 30.3 Å². The molecule has 0 heterocycles. The molecule has 3 aromatic carbocycles. The number of nitrogen functional groups attached to an aromatic ring is 1. The molecule has 0 amide bonds. The number of hydrogen-bond donors (Lipinski definition) is 2. The van der Waals surface area contributed by atoms with Gasteiger partial charge in [-0.15, -0.1) is 0 Å². The second-order valence-electron chi connectivity index (χ2n) is 5.87. The number of nitrogens with zero attached hydrogens (tertiary/aromatic N) is 1. The molecule has 0 saturated carbocycles. The van der Waals surface area contributed by atoms with Gasteiger partial charge in [-0.1, -0.05) is 36.4 Å². The quantitative estimate of drug-likeness (QED) is 0.335. The summed E-state index contributed by atoms with van der Waals surface area (Å²) in [6.45, 7) is 0. The average molecular weight is 329 g/mol. The number of hydrogen-bond acceptors (Lipinski definition) is 5. The molecule has 0 aromatic heterocycles. The second-order valence-corrected chi connectivity index (χ2v) is 5.87. The minimum absolute atomic E-state index is 0.169. The van der Waals surface area contributed by atoms with E-state index >= 15 is 0 Å². The Morgan fingerprint density at radius 1 is 0.680 bits per heavy atom. The van der Waals surface area contributed by atoms with E-state index in [1.807, 2.05) is 0 Å². The summed E-state index contributed by atoms with van der Waals surface area (Å²) in [5.74, 6) is 5.88. The van der Waals surface area contributed by atoms with Gasteiger partial charge in [0.15, 0.2) is 11.6 Å². The van der Waals surface area contributed by atoms with E-state index in [9.17, 15) is 9.59 Å². The van der Waals surface area contributed by atoms with Crippen molar-refractivity contribution in [1.82, 2.24) is 0 Å². The molecule has 1 aliphatic carbocycles. The maximum absolute atomic E-state index is 13.0. The number of hydrazine groups is 1. The molecule has 5 nitrogen and oxygen atoms in total. The van der Waals surface area contributed by atoms with Crippen LogP contribution in [-0.2, 0) is 0 Å². The first kappa shape index (κ1) is 15.1. The van der Waals surface area contributed by atoms with Crippen LogP contribution in [-0.4, -0.2) is 11.6 Å². The summed E-state index contributed by atoms with van der Waals surface area (Å²) in [7, 11) is 0. The maximum atomic E-state index is 13.0. The largest absolute Gasteiger partial charge is 0.399 e. The molecule has 0 atom stereocenters. The van der Waals surface area contributed by atoms with E-state index in [0.717, 1.165) is 0 Å². The molecule has 0 unspecified atom stereocenters. The zero-order valence-electron chi connectivity index (χ0n) is 13.3. The Morgan fingerprint density at radius 3 is 1.96 bits per heavy atom. The van der Waals surface area contributed by atoms with Gasteiger partial charge < -0.3 is 5.73 Å². The molecule has 0 spiro atoms. The number of rotatable bonds is 2. The SMILES string of the molecule is Nc1ccc(N(N)c2cccc3c2C(=O)c2ccccc2C3=O)cc1. The number of fused-ring (bicyclic) bond motifs is 2. The predicted octanol–water partition coefficient (Wildman–Crippen LogP) is 3.06. The van der Waals surface area contributed by atoms with Crippen molar-refractivity contribution in [2.75, 3.05) is 10.7 Å². The number of benzene rings is 3. The van der Waals surface area contributed by atoms with E-state index in [1.165, 1.54) is 5.01 Å². The predicted molar refractivity (Wildman–Crippen MR) is 96.9 cm³/mol. The van der Waals surface area contributed by atoms with Gasteiger partial charge >= 0.3 is 0 Å². The van der Waals surface area contributed by atoms with Gasteiger partial charge in [-0.3, -0.25) is 14.6 Å². The van der Waals surface area contributed by atoms with Gasteiger partial charge in [0.05, 0.1) is 16.9 Å². The molecule has 25 heavy (non-hydrogen) atoms. The molecule has 0 radical (unpaired) electrons. The molecule has 3 aromatic rings. The second kappa shape index (κ2) is 5.58. The fraction of sp³-hybridized carbons (Fsp3) is 0. The summed E-state index contributed by atoms with van der Waals surface area (Å²) < 4.78 is 0.